The Morgan fingerprint density at radius 2 is 1.55 bits per heavy atom. The van der Waals surface area contributed by atoms with Crippen LogP contribution < -0.4 is 0 Å². The van der Waals surface area contributed by atoms with E-state index < -0.39 is 6.10 Å². The zero-order chi connectivity index (χ0) is 26.8. The van der Waals surface area contributed by atoms with Gasteiger partial charge in [0.25, 0.3) is 11.8 Å². The standard InChI is InChI=1S/C31H43N3O4/c1-21(2)25-11-10-22(3)18-28(25)38-20-24(35)19-33-14-12-32(13-15-33)16-17-34-30(36)26-8-4-6-23-7-5-9-27(29(23)26)31(34)37/h4-9,21-22,24-25,28,35H,10-20H2,1-3H3/t22-,24+,25+,28+/m0/s1. The fourth-order valence-electron chi connectivity index (χ4n) is 6.61. The van der Waals surface area contributed by atoms with Crippen LogP contribution >= 0.6 is 0 Å². The van der Waals surface area contributed by atoms with Gasteiger partial charge in [0.1, 0.15) is 0 Å². The quantitative estimate of drug-likeness (QED) is 0.505. The summed E-state index contributed by atoms with van der Waals surface area (Å²) < 4.78 is 6.27. The number of carbonyl (C=O) groups excluding carboxylic acids is 2. The van der Waals surface area contributed by atoms with Crippen LogP contribution in [0.5, 0.6) is 0 Å². The maximum absolute atomic E-state index is 13.1. The molecule has 206 valence electrons. The van der Waals surface area contributed by atoms with Crippen molar-refractivity contribution in [1.82, 2.24) is 14.7 Å². The molecular formula is C31H43N3O4. The predicted octanol–water partition coefficient (Wildman–Crippen LogP) is 3.89. The summed E-state index contributed by atoms with van der Waals surface area (Å²) >= 11 is 0. The highest BCUT2D eigenvalue weighted by molar-refractivity contribution is 6.25. The number of benzene rings is 2. The molecule has 2 amide bonds. The van der Waals surface area contributed by atoms with Crippen molar-refractivity contribution in [1.29, 1.82) is 0 Å². The van der Waals surface area contributed by atoms with E-state index in [0.717, 1.165) is 43.4 Å². The highest BCUT2D eigenvalue weighted by Gasteiger charge is 2.34. The molecule has 7 nitrogen and oxygen atoms in total. The van der Waals surface area contributed by atoms with Gasteiger partial charge in [-0.15, -0.1) is 0 Å². The van der Waals surface area contributed by atoms with Crippen molar-refractivity contribution >= 4 is 22.6 Å². The molecule has 2 aromatic carbocycles. The summed E-state index contributed by atoms with van der Waals surface area (Å²) in [6.07, 6.45) is 3.36. The lowest BCUT2D eigenvalue weighted by atomic mass is 9.75. The van der Waals surface area contributed by atoms with Crippen LogP contribution in [0.25, 0.3) is 10.8 Å². The van der Waals surface area contributed by atoms with Crippen molar-refractivity contribution in [3.05, 3.63) is 47.5 Å². The van der Waals surface area contributed by atoms with Gasteiger partial charge in [-0.25, -0.2) is 0 Å². The van der Waals surface area contributed by atoms with Gasteiger partial charge < -0.3 is 9.84 Å². The number of hydrogen-bond acceptors (Lipinski definition) is 6. The van der Waals surface area contributed by atoms with Gasteiger partial charge in [0.15, 0.2) is 0 Å². The van der Waals surface area contributed by atoms with E-state index in [4.69, 9.17) is 4.74 Å². The van der Waals surface area contributed by atoms with Crippen molar-refractivity contribution in [3.8, 4) is 0 Å². The molecule has 4 atom stereocenters. The first kappa shape index (κ1) is 27.3. The van der Waals surface area contributed by atoms with Gasteiger partial charge in [0.2, 0.25) is 0 Å². The average molecular weight is 522 g/mol. The molecule has 1 saturated heterocycles. The van der Waals surface area contributed by atoms with E-state index in [-0.39, 0.29) is 17.9 Å². The molecule has 0 aromatic heterocycles. The van der Waals surface area contributed by atoms with E-state index in [1.807, 2.05) is 36.4 Å². The van der Waals surface area contributed by atoms with E-state index in [1.165, 1.54) is 17.7 Å². The Labute approximate surface area is 226 Å². The number of hydrogen-bond donors (Lipinski definition) is 1. The van der Waals surface area contributed by atoms with E-state index in [2.05, 4.69) is 30.6 Å². The minimum atomic E-state index is -0.488. The van der Waals surface area contributed by atoms with E-state index in [0.29, 0.717) is 55.1 Å². The van der Waals surface area contributed by atoms with Crippen molar-refractivity contribution in [2.24, 2.45) is 17.8 Å². The molecule has 0 unspecified atom stereocenters. The van der Waals surface area contributed by atoms with E-state index >= 15 is 0 Å². The smallest absolute Gasteiger partial charge is 0.261 e. The Hall–Kier alpha value is -2.32. The van der Waals surface area contributed by atoms with Crippen LogP contribution in [0.2, 0.25) is 0 Å². The molecule has 2 fully saturated rings. The number of amides is 2. The summed E-state index contributed by atoms with van der Waals surface area (Å²) in [5.74, 6) is 1.49. The van der Waals surface area contributed by atoms with Gasteiger partial charge in [0, 0.05) is 62.3 Å². The average Bonchev–Trinajstić information content (AvgIpc) is 2.91. The maximum atomic E-state index is 13.1. The SMILES string of the molecule is CC(C)[C@H]1CC[C@H](C)C[C@H]1OC[C@H](O)CN1CCN(CCN2C(=O)c3cccc4cccc(c34)C2=O)CC1. The lowest BCUT2D eigenvalue weighted by molar-refractivity contribution is -0.0754. The third-order valence-electron chi connectivity index (χ3n) is 8.89. The predicted molar refractivity (Wildman–Crippen MR) is 149 cm³/mol. The second kappa shape index (κ2) is 11.8. The first-order valence-electron chi connectivity index (χ1n) is 14.4. The second-order valence-electron chi connectivity index (χ2n) is 12.0. The Balaban J connectivity index is 1.07. The van der Waals surface area contributed by atoms with E-state index in [1.54, 1.807) is 0 Å². The van der Waals surface area contributed by atoms with Gasteiger partial charge >= 0.3 is 0 Å². The molecule has 1 aliphatic carbocycles. The minimum Gasteiger partial charge on any atom is -0.389 e. The molecule has 38 heavy (non-hydrogen) atoms. The number of aliphatic hydroxyl groups excluding tert-OH is 1. The summed E-state index contributed by atoms with van der Waals surface area (Å²) in [6, 6.07) is 11.3. The molecule has 0 spiro atoms. The minimum absolute atomic E-state index is 0.201. The molecule has 2 heterocycles. The second-order valence-corrected chi connectivity index (χ2v) is 12.0. The zero-order valence-corrected chi connectivity index (χ0v) is 23.1. The number of carbonyl (C=O) groups is 2. The normalized spacial score (nSPS) is 25.9. The fourth-order valence-corrected chi connectivity index (χ4v) is 6.61. The lowest BCUT2D eigenvalue weighted by Crippen LogP contribution is -2.52. The monoisotopic (exact) mass is 521 g/mol. The van der Waals surface area contributed by atoms with Crippen LogP contribution in [0.1, 0.15) is 60.7 Å². The Bertz CT molecular complexity index is 1090. The largest absolute Gasteiger partial charge is 0.389 e. The lowest BCUT2D eigenvalue weighted by Gasteiger charge is -2.38. The Morgan fingerprint density at radius 1 is 0.921 bits per heavy atom. The number of aliphatic hydroxyl groups is 1. The number of rotatable bonds is 9. The molecule has 2 aliphatic heterocycles. The van der Waals surface area contributed by atoms with Crippen molar-refractivity contribution in [2.75, 3.05) is 52.4 Å². The van der Waals surface area contributed by atoms with Gasteiger partial charge in [-0.1, -0.05) is 51.5 Å². The fraction of sp³-hybridized carbons (Fsp3) is 0.613. The van der Waals surface area contributed by atoms with Gasteiger partial charge in [-0.05, 0) is 48.1 Å². The van der Waals surface area contributed by atoms with Gasteiger partial charge in [-0.3, -0.25) is 24.3 Å². The number of β-amino-alcohol motifs (C(OH)–C–C–N with tert-alkyl or cyclic N) is 1. The van der Waals surface area contributed by atoms with Crippen LogP contribution in [-0.2, 0) is 4.74 Å². The first-order valence-corrected chi connectivity index (χ1v) is 14.4. The van der Waals surface area contributed by atoms with Crippen molar-refractivity contribution in [2.45, 2.75) is 52.2 Å². The highest BCUT2D eigenvalue weighted by atomic mass is 16.5. The van der Waals surface area contributed by atoms with Crippen LogP contribution in [0, 0.1) is 17.8 Å². The molecule has 0 radical (unpaired) electrons. The molecule has 0 bridgehead atoms. The molecule has 3 aliphatic rings. The summed E-state index contributed by atoms with van der Waals surface area (Å²) in [6.45, 7) is 12.3. The number of piperazine rings is 1. The Kier molecular flexibility index (Phi) is 8.48. The van der Waals surface area contributed by atoms with Crippen LogP contribution in [-0.4, -0.2) is 96.2 Å². The molecule has 7 heteroatoms. The molecule has 1 N–H and O–H groups in total. The third-order valence-corrected chi connectivity index (χ3v) is 8.89. The maximum Gasteiger partial charge on any atom is 0.261 e. The highest BCUT2D eigenvalue weighted by Crippen LogP contribution is 2.35. The Morgan fingerprint density at radius 3 is 2.18 bits per heavy atom. The number of ether oxygens (including phenoxy) is 1. The third kappa shape index (κ3) is 5.81. The summed E-state index contributed by atoms with van der Waals surface area (Å²) in [4.78, 5) is 32.3. The summed E-state index contributed by atoms with van der Waals surface area (Å²) in [5, 5.41) is 12.4. The van der Waals surface area contributed by atoms with Crippen LogP contribution in [0.15, 0.2) is 36.4 Å². The number of imide groups is 1. The molecule has 5 rings (SSSR count). The van der Waals surface area contributed by atoms with Gasteiger partial charge in [0.05, 0.1) is 18.8 Å². The van der Waals surface area contributed by atoms with Crippen molar-refractivity contribution in [3.63, 3.8) is 0 Å². The van der Waals surface area contributed by atoms with E-state index in [9.17, 15) is 14.7 Å². The zero-order valence-electron chi connectivity index (χ0n) is 23.1. The number of nitrogens with zero attached hydrogens (tertiary/aromatic N) is 3. The molecule has 2 aromatic rings. The topological polar surface area (TPSA) is 73.3 Å². The van der Waals surface area contributed by atoms with Crippen LogP contribution in [0.4, 0.5) is 0 Å². The summed E-state index contributed by atoms with van der Waals surface area (Å²) in [5.41, 5.74) is 1.22. The summed E-state index contributed by atoms with van der Waals surface area (Å²) in [7, 11) is 0. The first-order chi connectivity index (χ1) is 18.3. The molecular weight excluding hydrogens is 478 g/mol. The molecule has 1 saturated carbocycles. The van der Waals surface area contributed by atoms with Crippen molar-refractivity contribution < 1.29 is 19.4 Å². The van der Waals surface area contributed by atoms with Gasteiger partial charge in [-0.2, -0.15) is 0 Å². The van der Waals surface area contributed by atoms with Crippen LogP contribution in [0.3, 0.4) is 0 Å².